The maximum atomic E-state index is 3.43. The molecule has 1 aliphatic rings. The zero-order valence-corrected chi connectivity index (χ0v) is 12.6. The highest BCUT2D eigenvalue weighted by Gasteiger charge is 2.16. The Morgan fingerprint density at radius 2 is 2.11 bits per heavy atom. The highest BCUT2D eigenvalue weighted by atomic mass is 35.5. The van der Waals surface area contributed by atoms with Crippen LogP contribution >= 0.6 is 24.2 Å². The molecule has 1 aromatic carbocycles. The van der Waals surface area contributed by atoms with Crippen LogP contribution in [0.2, 0.25) is 0 Å². The van der Waals surface area contributed by atoms with Crippen molar-refractivity contribution in [3.63, 3.8) is 0 Å². The number of benzene rings is 1. The fourth-order valence-electron chi connectivity index (χ4n) is 2.16. The summed E-state index contributed by atoms with van der Waals surface area (Å²) in [4.78, 5) is 2.59. The smallest absolute Gasteiger partial charge is 0.0193 e. The third-order valence-corrected chi connectivity index (χ3v) is 4.28. The second-order valence-corrected chi connectivity index (χ2v) is 5.73. The van der Waals surface area contributed by atoms with Gasteiger partial charge in [-0.3, -0.25) is 4.90 Å². The standard InChI is InChI=1S/C14H22N2S.ClH/c1-13-11-15-7-8-16(13)9-10-17-12-14-5-3-2-4-6-14;/h2-6,13,15H,7-12H2,1H3;1H/t13-;/m1./s1. The molecule has 1 N–H and O–H groups in total. The van der Waals surface area contributed by atoms with Crippen molar-refractivity contribution < 1.29 is 0 Å². The van der Waals surface area contributed by atoms with E-state index in [-0.39, 0.29) is 12.4 Å². The molecule has 0 unspecified atom stereocenters. The summed E-state index contributed by atoms with van der Waals surface area (Å²) in [6.07, 6.45) is 0. The van der Waals surface area contributed by atoms with Gasteiger partial charge in [0.15, 0.2) is 0 Å². The van der Waals surface area contributed by atoms with Crippen molar-refractivity contribution in [3.8, 4) is 0 Å². The Labute approximate surface area is 121 Å². The van der Waals surface area contributed by atoms with Crippen molar-refractivity contribution >= 4 is 24.2 Å². The second kappa shape index (κ2) is 8.81. The van der Waals surface area contributed by atoms with E-state index in [1.54, 1.807) is 0 Å². The first kappa shape index (κ1) is 15.8. The van der Waals surface area contributed by atoms with Gasteiger partial charge in [0, 0.05) is 43.7 Å². The second-order valence-electron chi connectivity index (χ2n) is 4.63. The van der Waals surface area contributed by atoms with Crippen molar-refractivity contribution in [2.75, 3.05) is 31.9 Å². The summed E-state index contributed by atoms with van der Waals surface area (Å²) in [6, 6.07) is 11.4. The van der Waals surface area contributed by atoms with Crippen molar-refractivity contribution in [2.24, 2.45) is 0 Å². The number of nitrogens with zero attached hydrogens (tertiary/aromatic N) is 1. The first-order valence-electron chi connectivity index (χ1n) is 6.42. The van der Waals surface area contributed by atoms with Crippen LogP contribution in [0.5, 0.6) is 0 Å². The van der Waals surface area contributed by atoms with Gasteiger partial charge in [0.05, 0.1) is 0 Å². The number of halogens is 1. The van der Waals surface area contributed by atoms with Gasteiger partial charge >= 0.3 is 0 Å². The Bertz CT molecular complexity index is 321. The monoisotopic (exact) mass is 286 g/mol. The van der Waals surface area contributed by atoms with Crippen LogP contribution in [0, 0.1) is 0 Å². The summed E-state index contributed by atoms with van der Waals surface area (Å²) < 4.78 is 0. The first-order chi connectivity index (χ1) is 8.36. The van der Waals surface area contributed by atoms with E-state index in [2.05, 4.69) is 47.5 Å². The minimum absolute atomic E-state index is 0. The molecule has 0 spiro atoms. The Kier molecular flexibility index (Phi) is 7.75. The van der Waals surface area contributed by atoms with Crippen LogP contribution in [0.3, 0.4) is 0 Å². The molecule has 2 nitrogen and oxygen atoms in total. The molecule has 1 atom stereocenters. The fourth-order valence-corrected chi connectivity index (χ4v) is 3.10. The molecule has 0 saturated carbocycles. The van der Waals surface area contributed by atoms with Crippen LogP contribution in [-0.4, -0.2) is 42.9 Å². The van der Waals surface area contributed by atoms with Crippen molar-refractivity contribution in [3.05, 3.63) is 35.9 Å². The number of thioether (sulfide) groups is 1. The van der Waals surface area contributed by atoms with Crippen LogP contribution in [0.4, 0.5) is 0 Å². The fraction of sp³-hybridized carbons (Fsp3) is 0.571. The molecule has 1 aliphatic heterocycles. The van der Waals surface area contributed by atoms with Crippen molar-refractivity contribution in [1.82, 2.24) is 10.2 Å². The third kappa shape index (κ3) is 5.19. The number of rotatable bonds is 5. The first-order valence-corrected chi connectivity index (χ1v) is 7.58. The minimum Gasteiger partial charge on any atom is -0.314 e. The van der Waals surface area contributed by atoms with E-state index >= 15 is 0 Å². The van der Waals surface area contributed by atoms with E-state index in [0.717, 1.165) is 18.8 Å². The van der Waals surface area contributed by atoms with E-state index in [1.807, 2.05) is 11.8 Å². The van der Waals surface area contributed by atoms with E-state index in [9.17, 15) is 0 Å². The van der Waals surface area contributed by atoms with Gasteiger partial charge in [-0.2, -0.15) is 11.8 Å². The van der Waals surface area contributed by atoms with Gasteiger partial charge in [0.25, 0.3) is 0 Å². The van der Waals surface area contributed by atoms with Crippen LogP contribution < -0.4 is 5.32 Å². The highest BCUT2D eigenvalue weighted by molar-refractivity contribution is 7.98. The number of hydrogen-bond acceptors (Lipinski definition) is 3. The molecule has 4 heteroatoms. The summed E-state index contributed by atoms with van der Waals surface area (Å²) in [6.45, 7) is 7.03. The van der Waals surface area contributed by atoms with E-state index in [1.165, 1.54) is 24.4 Å². The van der Waals surface area contributed by atoms with Crippen molar-refractivity contribution in [2.45, 2.75) is 18.7 Å². The van der Waals surface area contributed by atoms with Gasteiger partial charge in [-0.15, -0.1) is 12.4 Å². The summed E-state index contributed by atoms with van der Waals surface area (Å²) >= 11 is 2.04. The molecule has 18 heavy (non-hydrogen) atoms. The zero-order valence-electron chi connectivity index (χ0n) is 11.0. The van der Waals surface area contributed by atoms with E-state index in [0.29, 0.717) is 6.04 Å². The molecule has 102 valence electrons. The summed E-state index contributed by atoms with van der Waals surface area (Å²) in [5.74, 6) is 2.38. The maximum absolute atomic E-state index is 3.43. The van der Waals surface area contributed by atoms with E-state index in [4.69, 9.17) is 0 Å². The van der Waals surface area contributed by atoms with Crippen LogP contribution in [0.1, 0.15) is 12.5 Å². The Balaban J connectivity index is 0.00000162. The predicted molar refractivity (Wildman–Crippen MR) is 83.8 cm³/mol. The molecule has 1 fully saturated rings. The Morgan fingerprint density at radius 1 is 1.33 bits per heavy atom. The predicted octanol–water partition coefficient (Wildman–Crippen LogP) is 2.64. The molecular formula is C14H23ClN2S. The molecule has 0 aromatic heterocycles. The SMILES string of the molecule is C[C@@H]1CNCCN1CCSCc1ccccc1.Cl. The molecule has 0 amide bonds. The molecule has 2 rings (SSSR count). The van der Waals surface area contributed by atoms with Gasteiger partial charge < -0.3 is 5.32 Å². The lowest BCUT2D eigenvalue weighted by Crippen LogP contribution is -2.50. The molecule has 0 aliphatic carbocycles. The molecule has 1 heterocycles. The quantitative estimate of drug-likeness (QED) is 0.838. The topological polar surface area (TPSA) is 15.3 Å². The molecule has 1 saturated heterocycles. The lowest BCUT2D eigenvalue weighted by Gasteiger charge is -2.33. The summed E-state index contributed by atoms with van der Waals surface area (Å²) in [5, 5.41) is 3.43. The summed E-state index contributed by atoms with van der Waals surface area (Å²) in [7, 11) is 0. The zero-order chi connectivity index (χ0) is 11.9. The van der Waals surface area contributed by atoms with Crippen molar-refractivity contribution in [1.29, 1.82) is 0 Å². The van der Waals surface area contributed by atoms with Crippen LogP contribution in [0.15, 0.2) is 30.3 Å². The Morgan fingerprint density at radius 3 is 2.83 bits per heavy atom. The third-order valence-electron chi connectivity index (χ3n) is 3.27. The molecule has 0 bridgehead atoms. The largest absolute Gasteiger partial charge is 0.314 e. The maximum Gasteiger partial charge on any atom is 0.0193 e. The Hall–Kier alpha value is -0.220. The number of piperazine rings is 1. The van der Waals surface area contributed by atoms with Gasteiger partial charge in [0.1, 0.15) is 0 Å². The van der Waals surface area contributed by atoms with Crippen LogP contribution in [0.25, 0.3) is 0 Å². The number of nitrogens with one attached hydrogen (secondary N) is 1. The average Bonchev–Trinajstić information content (AvgIpc) is 2.38. The van der Waals surface area contributed by atoms with Gasteiger partial charge in [-0.25, -0.2) is 0 Å². The molecular weight excluding hydrogens is 264 g/mol. The molecule has 0 radical (unpaired) electrons. The summed E-state index contributed by atoms with van der Waals surface area (Å²) in [5.41, 5.74) is 1.44. The minimum atomic E-state index is 0. The average molecular weight is 287 g/mol. The highest BCUT2D eigenvalue weighted by Crippen LogP contribution is 2.12. The normalized spacial score (nSPS) is 20.4. The van der Waals surface area contributed by atoms with Gasteiger partial charge in [-0.1, -0.05) is 30.3 Å². The van der Waals surface area contributed by atoms with Gasteiger partial charge in [-0.05, 0) is 12.5 Å². The van der Waals surface area contributed by atoms with Gasteiger partial charge in [0.2, 0.25) is 0 Å². The van der Waals surface area contributed by atoms with Crippen LogP contribution in [-0.2, 0) is 5.75 Å². The van der Waals surface area contributed by atoms with E-state index < -0.39 is 0 Å². The molecule has 1 aromatic rings. The number of hydrogen-bond donors (Lipinski definition) is 1. The lowest BCUT2D eigenvalue weighted by molar-refractivity contribution is 0.184. The lowest BCUT2D eigenvalue weighted by atomic mass is 10.2.